The summed E-state index contributed by atoms with van der Waals surface area (Å²) in [5, 5.41) is 0. The predicted molar refractivity (Wildman–Crippen MR) is 79.5 cm³/mol. The maximum atomic E-state index is 5.69. The highest BCUT2D eigenvalue weighted by atomic mass is 16.5. The molecule has 100 valence electrons. The van der Waals surface area contributed by atoms with Crippen molar-refractivity contribution in [2.45, 2.75) is 13.5 Å². The summed E-state index contributed by atoms with van der Waals surface area (Å²) in [4.78, 5) is 2.27. The predicted octanol–water partition coefficient (Wildman–Crippen LogP) is 3.51. The quantitative estimate of drug-likeness (QED) is 0.783. The number of likely N-dealkylation sites (N-methyl/N-ethyl adjacent to an activating group) is 1. The van der Waals surface area contributed by atoms with E-state index in [-0.39, 0.29) is 0 Å². The number of benzene rings is 2. The molecule has 0 bridgehead atoms. The minimum absolute atomic E-state index is 0.715. The Bertz CT molecular complexity index is 478. The van der Waals surface area contributed by atoms with Gasteiger partial charge in [-0.3, -0.25) is 4.90 Å². The van der Waals surface area contributed by atoms with E-state index < -0.39 is 0 Å². The van der Waals surface area contributed by atoms with Crippen molar-refractivity contribution in [3.63, 3.8) is 0 Å². The van der Waals surface area contributed by atoms with Gasteiger partial charge in [-0.05, 0) is 31.7 Å². The first-order valence-corrected chi connectivity index (χ1v) is 6.66. The minimum Gasteiger partial charge on any atom is -0.492 e. The lowest BCUT2D eigenvalue weighted by molar-refractivity contribution is 0.233. The van der Waals surface area contributed by atoms with Crippen LogP contribution in [-0.4, -0.2) is 25.1 Å². The van der Waals surface area contributed by atoms with Crippen LogP contribution >= 0.6 is 0 Å². The maximum absolute atomic E-state index is 5.69. The van der Waals surface area contributed by atoms with Crippen LogP contribution in [0.2, 0.25) is 0 Å². The molecule has 0 atom stereocenters. The van der Waals surface area contributed by atoms with E-state index in [2.05, 4.69) is 43.1 Å². The second-order valence-electron chi connectivity index (χ2n) is 4.88. The largest absolute Gasteiger partial charge is 0.492 e. The first kappa shape index (κ1) is 13.6. The number of nitrogens with zero attached hydrogens (tertiary/aromatic N) is 1. The standard InChI is InChI=1S/C17H21NO/c1-15-8-10-16(11-9-15)14-18(2)12-13-19-17-6-4-3-5-7-17/h3-11H,12-14H2,1-2H3. The van der Waals surface area contributed by atoms with Gasteiger partial charge >= 0.3 is 0 Å². The van der Waals surface area contributed by atoms with Crippen molar-refractivity contribution in [1.29, 1.82) is 0 Å². The third-order valence-electron chi connectivity index (χ3n) is 3.06. The molecule has 0 saturated heterocycles. The van der Waals surface area contributed by atoms with Crippen molar-refractivity contribution in [1.82, 2.24) is 4.90 Å². The highest BCUT2D eigenvalue weighted by Gasteiger charge is 2.00. The molecule has 0 aliphatic rings. The molecule has 0 heterocycles. The van der Waals surface area contributed by atoms with Gasteiger partial charge in [-0.15, -0.1) is 0 Å². The number of para-hydroxylation sites is 1. The number of rotatable bonds is 6. The Hall–Kier alpha value is -1.80. The molecule has 2 nitrogen and oxygen atoms in total. The molecule has 2 aromatic rings. The van der Waals surface area contributed by atoms with Crippen LogP contribution in [0.1, 0.15) is 11.1 Å². The Kier molecular flexibility index (Phi) is 4.99. The van der Waals surface area contributed by atoms with E-state index in [1.54, 1.807) is 0 Å². The number of hydrogen-bond acceptors (Lipinski definition) is 2. The van der Waals surface area contributed by atoms with Crippen molar-refractivity contribution in [2.24, 2.45) is 0 Å². The summed E-state index contributed by atoms with van der Waals surface area (Å²) in [5.41, 5.74) is 2.65. The van der Waals surface area contributed by atoms with Crippen LogP contribution < -0.4 is 4.74 Å². The highest BCUT2D eigenvalue weighted by Crippen LogP contribution is 2.09. The molecule has 0 saturated carbocycles. The lowest BCUT2D eigenvalue weighted by Gasteiger charge is -2.17. The lowest BCUT2D eigenvalue weighted by atomic mass is 10.1. The molecule has 0 amide bonds. The van der Waals surface area contributed by atoms with Gasteiger partial charge in [-0.25, -0.2) is 0 Å². The molecule has 0 fully saturated rings. The van der Waals surface area contributed by atoms with E-state index in [0.717, 1.165) is 18.8 Å². The molecule has 0 aromatic heterocycles. The average molecular weight is 255 g/mol. The molecule has 0 aliphatic carbocycles. The van der Waals surface area contributed by atoms with Crippen LogP contribution in [0.4, 0.5) is 0 Å². The van der Waals surface area contributed by atoms with E-state index in [4.69, 9.17) is 4.74 Å². The topological polar surface area (TPSA) is 12.5 Å². The summed E-state index contributed by atoms with van der Waals surface area (Å²) < 4.78 is 5.69. The fraction of sp³-hybridized carbons (Fsp3) is 0.294. The van der Waals surface area contributed by atoms with E-state index >= 15 is 0 Å². The fourth-order valence-electron chi connectivity index (χ4n) is 1.92. The second-order valence-corrected chi connectivity index (χ2v) is 4.88. The number of ether oxygens (including phenoxy) is 1. The fourth-order valence-corrected chi connectivity index (χ4v) is 1.92. The molecular formula is C17H21NO. The highest BCUT2D eigenvalue weighted by molar-refractivity contribution is 5.21. The van der Waals surface area contributed by atoms with E-state index in [1.165, 1.54) is 11.1 Å². The van der Waals surface area contributed by atoms with Gasteiger partial charge in [-0.2, -0.15) is 0 Å². The summed E-state index contributed by atoms with van der Waals surface area (Å²) in [6.45, 7) is 4.70. The molecule has 0 N–H and O–H groups in total. The van der Waals surface area contributed by atoms with Crippen molar-refractivity contribution in [3.05, 3.63) is 65.7 Å². The van der Waals surface area contributed by atoms with Crippen molar-refractivity contribution in [2.75, 3.05) is 20.2 Å². The first-order chi connectivity index (χ1) is 9.24. The summed E-state index contributed by atoms with van der Waals surface area (Å²) in [6.07, 6.45) is 0. The van der Waals surface area contributed by atoms with Crippen molar-refractivity contribution in [3.8, 4) is 5.75 Å². The summed E-state index contributed by atoms with van der Waals surface area (Å²) in [5.74, 6) is 0.936. The molecule has 19 heavy (non-hydrogen) atoms. The first-order valence-electron chi connectivity index (χ1n) is 6.66. The van der Waals surface area contributed by atoms with Gasteiger partial charge in [0.25, 0.3) is 0 Å². The summed E-state index contributed by atoms with van der Waals surface area (Å²) in [7, 11) is 2.12. The van der Waals surface area contributed by atoms with Gasteiger partial charge in [0.2, 0.25) is 0 Å². The van der Waals surface area contributed by atoms with Crippen LogP contribution in [0.5, 0.6) is 5.75 Å². The third-order valence-corrected chi connectivity index (χ3v) is 3.06. The minimum atomic E-state index is 0.715. The van der Waals surface area contributed by atoms with Crippen LogP contribution in [0.25, 0.3) is 0 Å². The zero-order chi connectivity index (χ0) is 13.5. The third kappa shape index (κ3) is 4.76. The number of hydrogen-bond donors (Lipinski definition) is 0. The number of aryl methyl sites for hydroxylation is 1. The average Bonchev–Trinajstić information content (AvgIpc) is 2.43. The molecule has 0 radical (unpaired) electrons. The Morgan fingerprint density at radius 3 is 2.32 bits per heavy atom. The molecule has 2 aromatic carbocycles. The summed E-state index contributed by atoms with van der Waals surface area (Å²) in [6, 6.07) is 18.6. The molecule has 2 heteroatoms. The zero-order valence-corrected chi connectivity index (χ0v) is 11.7. The van der Waals surface area contributed by atoms with Crippen LogP contribution in [0.15, 0.2) is 54.6 Å². The van der Waals surface area contributed by atoms with Crippen LogP contribution in [-0.2, 0) is 6.54 Å². The van der Waals surface area contributed by atoms with E-state index in [0.29, 0.717) is 6.61 Å². The zero-order valence-electron chi connectivity index (χ0n) is 11.7. The van der Waals surface area contributed by atoms with E-state index in [1.807, 2.05) is 30.3 Å². The smallest absolute Gasteiger partial charge is 0.119 e. The molecule has 0 aliphatic heterocycles. The molecule has 0 unspecified atom stereocenters. The maximum Gasteiger partial charge on any atom is 0.119 e. The van der Waals surface area contributed by atoms with Crippen molar-refractivity contribution >= 4 is 0 Å². The second kappa shape index (κ2) is 6.95. The van der Waals surface area contributed by atoms with Gasteiger partial charge in [0, 0.05) is 13.1 Å². The van der Waals surface area contributed by atoms with Crippen LogP contribution in [0.3, 0.4) is 0 Å². The van der Waals surface area contributed by atoms with Crippen molar-refractivity contribution < 1.29 is 4.74 Å². The van der Waals surface area contributed by atoms with Crippen LogP contribution in [0, 0.1) is 6.92 Å². The normalized spacial score (nSPS) is 10.7. The Labute approximate surface area is 115 Å². The summed E-state index contributed by atoms with van der Waals surface area (Å²) >= 11 is 0. The van der Waals surface area contributed by atoms with Gasteiger partial charge in [-0.1, -0.05) is 48.0 Å². The molecular weight excluding hydrogens is 234 g/mol. The van der Waals surface area contributed by atoms with E-state index in [9.17, 15) is 0 Å². The molecule has 0 spiro atoms. The Morgan fingerprint density at radius 2 is 1.63 bits per heavy atom. The Balaban J connectivity index is 1.73. The molecule has 2 rings (SSSR count). The van der Waals surface area contributed by atoms with Gasteiger partial charge < -0.3 is 4.74 Å². The van der Waals surface area contributed by atoms with Gasteiger partial charge in [0.15, 0.2) is 0 Å². The SMILES string of the molecule is Cc1ccc(CN(C)CCOc2ccccc2)cc1. The monoisotopic (exact) mass is 255 g/mol. The lowest BCUT2D eigenvalue weighted by Crippen LogP contribution is -2.23. The van der Waals surface area contributed by atoms with Gasteiger partial charge in [0.05, 0.1) is 0 Å². The Morgan fingerprint density at radius 1 is 0.947 bits per heavy atom. The van der Waals surface area contributed by atoms with Gasteiger partial charge in [0.1, 0.15) is 12.4 Å².